The second-order valence-electron chi connectivity index (χ2n) is 12.5. The first-order valence-electron chi connectivity index (χ1n) is 15.2. The van der Waals surface area contributed by atoms with E-state index in [-0.39, 0.29) is 25.9 Å². The molecule has 7 rings (SSSR count). The maximum absolute atomic E-state index is 13.4. The number of rotatable bonds is 5. The molecule has 2 nitrogen and oxygen atoms in total. The summed E-state index contributed by atoms with van der Waals surface area (Å²) < 4.78 is 15.8. The van der Waals surface area contributed by atoms with Crippen molar-refractivity contribution in [2.24, 2.45) is 0 Å². The van der Waals surface area contributed by atoms with Gasteiger partial charge in [-0.05, 0) is 61.9 Å². The minimum atomic E-state index is -1.23. The predicted octanol–water partition coefficient (Wildman–Crippen LogP) is 10.9. The van der Waals surface area contributed by atoms with Gasteiger partial charge < -0.3 is 9.97 Å². The number of nitrogens with zero attached hydrogens (tertiary/aromatic N) is 2. The number of pyridine rings is 2. The Morgan fingerprint density at radius 2 is 1.52 bits per heavy atom. The summed E-state index contributed by atoms with van der Waals surface area (Å²) in [5.41, 5.74) is 7.47. The van der Waals surface area contributed by atoms with Crippen molar-refractivity contribution >= 4 is 44.8 Å². The van der Waals surface area contributed by atoms with Crippen molar-refractivity contribution < 1.29 is 24.5 Å². The number of fused-ring (bicyclic) bond motifs is 3. The molecule has 0 fully saturated rings. The minimum Gasteiger partial charge on any atom is -0.305 e. The Morgan fingerprint density at radius 3 is 2.20 bits per heavy atom. The summed E-state index contributed by atoms with van der Waals surface area (Å²) in [5.74, 6) is 0.230. The van der Waals surface area contributed by atoms with Crippen molar-refractivity contribution in [1.82, 2.24) is 9.97 Å². The zero-order chi connectivity index (χ0) is 31.6. The van der Waals surface area contributed by atoms with E-state index < -0.39 is 8.07 Å². The molecule has 0 saturated heterocycles. The van der Waals surface area contributed by atoms with Crippen molar-refractivity contribution in [2.45, 2.75) is 39.4 Å². The molecule has 0 bridgehead atoms. The van der Waals surface area contributed by atoms with Crippen LogP contribution in [0.25, 0.3) is 53.8 Å². The molecule has 1 radical (unpaired) electrons. The molecule has 4 aromatic carbocycles. The van der Waals surface area contributed by atoms with Gasteiger partial charge in [0.2, 0.25) is 0 Å². The van der Waals surface area contributed by atoms with Crippen LogP contribution < -0.4 is 5.19 Å². The van der Waals surface area contributed by atoms with Crippen LogP contribution in [0.2, 0.25) is 19.6 Å². The van der Waals surface area contributed by atoms with Gasteiger partial charge in [0.05, 0.1) is 8.07 Å². The van der Waals surface area contributed by atoms with E-state index in [4.69, 9.17) is 0 Å². The molecule has 0 aliphatic rings. The van der Waals surface area contributed by atoms with E-state index in [1.54, 1.807) is 11.3 Å². The number of halogens is 1. The van der Waals surface area contributed by atoms with Crippen LogP contribution in [0.15, 0.2) is 116 Å². The van der Waals surface area contributed by atoms with E-state index >= 15 is 0 Å². The molecule has 0 spiro atoms. The van der Waals surface area contributed by atoms with Crippen LogP contribution in [-0.4, -0.2) is 18.0 Å². The average molecular weight is 815 g/mol. The number of hydrogen-bond acceptors (Lipinski definition) is 3. The van der Waals surface area contributed by atoms with Crippen LogP contribution in [0.4, 0.5) is 4.39 Å². The van der Waals surface area contributed by atoms with E-state index in [1.165, 1.54) is 43.1 Å². The molecule has 0 saturated carbocycles. The summed E-state index contributed by atoms with van der Waals surface area (Å²) >= 11 is 1.76. The van der Waals surface area contributed by atoms with Crippen molar-refractivity contribution in [2.75, 3.05) is 0 Å². The SMILES string of the molecule is CC(C)c1ccnc(-c2[c-]ccc3c2sc2c(-c4ccc(F)cc4)cccc23)c1.C[Si](C)(C)c1ccc(-c2[c-]cccc2)nc1.[Ir]. The van der Waals surface area contributed by atoms with Gasteiger partial charge in [0.25, 0.3) is 0 Å². The number of aromatic nitrogens is 2. The molecule has 0 unspecified atom stereocenters. The first kappa shape index (κ1) is 33.6. The quantitative estimate of drug-likeness (QED) is 0.128. The third-order valence-electron chi connectivity index (χ3n) is 7.94. The number of thiophene rings is 1. The van der Waals surface area contributed by atoms with Crippen molar-refractivity contribution in [1.29, 1.82) is 0 Å². The second kappa shape index (κ2) is 14.3. The van der Waals surface area contributed by atoms with Crippen LogP contribution in [0.5, 0.6) is 0 Å². The molecule has 7 aromatic rings. The number of benzene rings is 4. The molecule has 233 valence electrons. The largest absolute Gasteiger partial charge is 0.305 e. The van der Waals surface area contributed by atoms with Gasteiger partial charge in [0.1, 0.15) is 5.82 Å². The van der Waals surface area contributed by atoms with Crippen molar-refractivity contribution in [3.63, 3.8) is 0 Å². The molecular formula is C40H35FIrN2SSi-2. The number of hydrogen-bond donors (Lipinski definition) is 0. The summed E-state index contributed by atoms with van der Waals surface area (Å²) in [5, 5.41) is 3.81. The molecule has 0 amide bonds. The second-order valence-corrected chi connectivity index (χ2v) is 18.6. The topological polar surface area (TPSA) is 25.8 Å². The molecule has 6 heteroatoms. The van der Waals surface area contributed by atoms with Gasteiger partial charge in [-0.2, -0.15) is 11.3 Å². The Bertz CT molecular complexity index is 2070. The normalized spacial score (nSPS) is 11.3. The zero-order valence-electron chi connectivity index (χ0n) is 26.6. The van der Waals surface area contributed by atoms with Gasteiger partial charge in [-0.25, -0.2) is 4.39 Å². The van der Waals surface area contributed by atoms with E-state index in [1.807, 2.05) is 54.9 Å². The smallest absolute Gasteiger partial charge is 0.123 e. The van der Waals surface area contributed by atoms with Crippen molar-refractivity contribution in [3.8, 4) is 33.6 Å². The van der Waals surface area contributed by atoms with Gasteiger partial charge in [-0.15, -0.1) is 59.7 Å². The summed E-state index contributed by atoms with van der Waals surface area (Å²) in [6.45, 7) is 11.4. The van der Waals surface area contributed by atoms with Gasteiger partial charge in [0.15, 0.2) is 0 Å². The van der Waals surface area contributed by atoms with Gasteiger partial charge in [0, 0.05) is 37.2 Å². The molecule has 3 aromatic heterocycles. The van der Waals surface area contributed by atoms with Crippen LogP contribution >= 0.6 is 11.3 Å². The standard InChI is InChI=1S/C26H19FNS.C14H16NSi.Ir/c1-16(2)18-13-14-28-24(15-18)23-8-4-7-22-21-6-3-5-20(25(21)29-26(22)23)17-9-11-19(27)12-10-17;1-16(2,3)13-9-10-14(15-11-13)12-7-5-4-6-8-12;/h3-7,9-16H,1-2H3;4-7,9-11H,1-3H3;/q2*-1;. The van der Waals surface area contributed by atoms with Crippen LogP contribution in [0, 0.1) is 17.9 Å². The maximum Gasteiger partial charge on any atom is 0.123 e. The molecular weight excluding hydrogens is 780 g/mol. The minimum absolute atomic E-state index is 0. The van der Waals surface area contributed by atoms with E-state index in [0.717, 1.165) is 33.6 Å². The third kappa shape index (κ3) is 7.27. The molecule has 0 aliphatic carbocycles. The molecule has 3 heterocycles. The van der Waals surface area contributed by atoms with E-state index in [9.17, 15) is 4.39 Å². The van der Waals surface area contributed by atoms with Gasteiger partial charge >= 0.3 is 0 Å². The van der Waals surface area contributed by atoms with Crippen LogP contribution in [0.1, 0.15) is 25.3 Å². The maximum atomic E-state index is 13.4. The zero-order valence-corrected chi connectivity index (χ0v) is 30.8. The Kier molecular flexibility index (Phi) is 10.4. The van der Waals surface area contributed by atoms with E-state index in [2.05, 4.69) is 104 Å². The third-order valence-corrected chi connectivity index (χ3v) is 11.2. The fourth-order valence-corrected chi connectivity index (χ4v) is 7.68. The Hall–Kier alpha value is -3.80. The molecule has 46 heavy (non-hydrogen) atoms. The van der Waals surface area contributed by atoms with Crippen molar-refractivity contribution in [3.05, 3.63) is 139 Å². The molecule has 0 atom stereocenters. The Balaban J connectivity index is 0.000000209. The predicted molar refractivity (Wildman–Crippen MR) is 192 cm³/mol. The molecule has 0 N–H and O–H groups in total. The van der Waals surface area contributed by atoms with Crippen LogP contribution in [-0.2, 0) is 20.1 Å². The summed E-state index contributed by atoms with van der Waals surface area (Å²) in [6.07, 6.45) is 3.90. The monoisotopic (exact) mass is 815 g/mol. The van der Waals surface area contributed by atoms with E-state index in [0.29, 0.717) is 5.92 Å². The van der Waals surface area contributed by atoms with Crippen LogP contribution in [0.3, 0.4) is 0 Å². The Morgan fingerprint density at radius 1 is 0.739 bits per heavy atom. The fourth-order valence-electron chi connectivity index (χ4n) is 5.30. The summed E-state index contributed by atoms with van der Waals surface area (Å²) in [7, 11) is -1.23. The summed E-state index contributed by atoms with van der Waals surface area (Å²) in [6, 6.07) is 40.3. The Labute approximate surface area is 289 Å². The first-order chi connectivity index (χ1) is 21.7. The average Bonchev–Trinajstić information content (AvgIpc) is 3.45. The summed E-state index contributed by atoms with van der Waals surface area (Å²) in [4.78, 5) is 9.16. The van der Waals surface area contributed by atoms with Gasteiger partial charge in [-0.3, -0.25) is 0 Å². The van der Waals surface area contributed by atoms with Gasteiger partial charge in [-0.1, -0.05) is 93.0 Å². The fraction of sp³-hybridized carbons (Fsp3) is 0.150. The first-order valence-corrected chi connectivity index (χ1v) is 19.5. The molecule has 0 aliphatic heterocycles.